The molecular formula is C15H19BrFNO2. The lowest BCUT2D eigenvalue weighted by atomic mass is 10.0. The van der Waals surface area contributed by atoms with Crippen molar-refractivity contribution < 1.29 is 13.9 Å². The maximum Gasteiger partial charge on any atom is 0.323 e. The second-order valence-electron chi connectivity index (χ2n) is 4.97. The number of hydrogen-bond donors (Lipinski definition) is 0. The molecule has 5 heteroatoms. The number of carbonyl (C=O) groups excluding carboxylic acids is 1. The van der Waals surface area contributed by atoms with Gasteiger partial charge in [0.1, 0.15) is 11.9 Å². The lowest BCUT2D eigenvalue weighted by molar-refractivity contribution is -0.151. The van der Waals surface area contributed by atoms with Crippen LogP contribution in [-0.2, 0) is 16.1 Å². The SMILES string of the molecule is CCOC(=O)C1CCCCN1Cc1ccc(Br)cc1F. The van der Waals surface area contributed by atoms with Crippen LogP contribution < -0.4 is 0 Å². The van der Waals surface area contributed by atoms with Gasteiger partial charge in [-0.3, -0.25) is 9.69 Å². The Morgan fingerprint density at radius 3 is 3.00 bits per heavy atom. The number of likely N-dealkylation sites (tertiary alicyclic amines) is 1. The van der Waals surface area contributed by atoms with Crippen molar-refractivity contribution in [2.45, 2.75) is 38.8 Å². The predicted octanol–water partition coefficient (Wildman–Crippen LogP) is 3.51. The van der Waals surface area contributed by atoms with Gasteiger partial charge in [0, 0.05) is 16.6 Å². The highest BCUT2D eigenvalue weighted by atomic mass is 79.9. The number of hydrogen-bond acceptors (Lipinski definition) is 3. The molecule has 1 unspecified atom stereocenters. The molecule has 1 aromatic carbocycles. The summed E-state index contributed by atoms with van der Waals surface area (Å²) in [5.74, 6) is -0.433. The molecule has 1 aromatic rings. The van der Waals surface area contributed by atoms with Gasteiger partial charge in [-0.05, 0) is 38.4 Å². The Balaban J connectivity index is 2.10. The number of nitrogens with zero attached hydrogens (tertiary/aromatic N) is 1. The van der Waals surface area contributed by atoms with E-state index in [1.807, 2.05) is 11.0 Å². The molecule has 1 atom stereocenters. The van der Waals surface area contributed by atoms with E-state index in [1.165, 1.54) is 6.07 Å². The second-order valence-corrected chi connectivity index (χ2v) is 5.89. The number of carbonyl (C=O) groups is 1. The molecule has 0 bridgehead atoms. The van der Waals surface area contributed by atoms with Gasteiger partial charge in [-0.1, -0.05) is 28.4 Å². The monoisotopic (exact) mass is 343 g/mol. The van der Waals surface area contributed by atoms with Crippen LogP contribution in [-0.4, -0.2) is 30.1 Å². The van der Waals surface area contributed by atoms with E-state index in [1.54, 1.807) is 13.0 Å². The molecule has 0 N–H and O–H groups in total. The molecule has 0 spiro atoms. The molecule has 3 nitrogen and oxygen atoms in total. The van der Waals surface area contributed by atoms with E-state index >= 15 is 0 Å². The van der Waals surface area contributed by atoms with E-state index in [-0.39, 0.29) is 17.8 Å². The molecule has 0 saturated carbocycles. The molecule has 1 aliphatic rings. The van der Waals surface area contributed by atoms with Crippen molar-refractivity contribution in [2.24, 2.45) is 0 Å². The molecule has 0 amide bonds. The standard InChI is InChI=1S/C15H19BrFNO2/c1-2-20-15(19)14-5-3-4-8-18(14)10-11-6-7-12(16)9-13(11)17/h6-7,9,14H,2-5,8,10H2,1H3. The van der Waals surface area contributed by atoms with Gasteiger partial charge < -0.3 is 4.74 Å². The van der Waals surface area contributed by atoms with Crippen molar-refractivity contribution in [3.05, 3.63) is 34.1 Å². The number of piperidine rings is 1. The van der Waals surface area contributed by atoms with Gasteiger partial charge in [-0.2, -0.15) is 0 Å². The summed E-state index contributed by atoms with van der Waals surface area (Å²) in [5.41, 5.74) is 0.615. The van der Waals surface area contributed by atoms with E-state index in [0.717, 1.165) is 30.3 Å². The van der Waals surface area contributed by atoms with Gasteiger partial charge in [0.25, 0.3) is 0 Å². The third-order valence-corrected chi connectivity index (χ3v) is 4.05. The van der Waals surface area contributed by atoms with E-state index in [0.29, 0.717) is 18.7 Å². The summed E-state index contributed by atoms with van der Waals surface area (Å²) in [6, 6.07) is 4.79. The first-order chi connectivity index (χ1) is 9.61. The first kappa shape index (κ1) is 15.4. The molecule has 110 valence electrons. The van der Waals surface area contributed by atoms with Gasteiger partial charge in [-0.25, -0.2) is 4.39 Å². The first-order valence-electron chi connectivity index (χ1n) is 6.96. The maximum atomic E-state index is 13.9. The number of halogens is 2. The van der Waals surface area contributed by atoms with Crippen LogP contribution in [0, 0.1) is 5.82 Å². The fourth-order valence-electron chi connectivity index (χ4n) is 2.55. The van der Waals surface area contributed by atoms with E-state index in [2.05, 4.69) is 15.9 Å². The molecule has 20 heavy (non-hydrogen) atoms. The average Bonchev–Trinajstić information content (AvgIpc) is 2.43. The molecular weight excluding hydrogens is 325 g/mol. The summed E-state index contributed by atoms with van der Waals surface area (Å²) in [7, 11) is 0. The third-order valence-electron chi connectivity index (χ3n) is 3.56. The summed E-state index contributed by atoms with van der Waals surface area (Å²) in [5, 5.41) is 0. The van der Waals surface area contributed by atoms with Crippen LogP contribution in [0.3, 0.4) is 0 Å². The van der Waals surface area contributed by atoms with Gasteiger partial charge >= 0.3 is 5.97 Å². The summed E-state index contributed by atoms with van der Waals surface area (Å²) in [6.45, 7) is 3.44. The topological polar surface area (TPSA) is 29.5 Å². The van der Waals surface area contributed by atoms with Crippen molar-refractivity contribution in [3.63, 3.8) is 0 Å². The van der Waals surface area contributed by atoms with E-state index < -0.39 is 0 Å². The van der Waals surface area contributed by atoms with E-state index in [9.17, 15) is 9.18 Å². The predicted molar refractivity (Wildman–Crippen MR) is 78.8 cm³/mol. The van der Waals surface area contributed by atoms with Crippen LogP contribution in [0.2, 0.25) is 0 Å². The number of rotatable bonds is 4. The molecule has 0 aliphatic carbocycles. The third kappa shape index (κ3) is 3.79. The van der Waals surface area contributed by atoms with Crippen molar-refractivity contribution >= 4 is 21.9 Å². The first-order valence-corrected chi connectivity index (χ1v) is 7.75. The Bertz CT molecular complexity index is 481. The largest absolute Gasteiger partial charge is 0.465 e. The fraction of sp³-hybridized carbons (Fsp3) is 0.533. The fourth-order valence-corrected chi connectivity index (χ4v) is 2.89. The molecule has 1 aliphatic heterocycles. The molecule has 1 heterocycles. The number of benzene rings is 1. The Labute approximate surface area is 127 Å². The Kier molecular flexibility index (Phi) is 5.54. The zero-order valence-electron chi connectivity index (χ0n) is 11.6. The summed E-state index contributed by atoms with van der Waals surface area (Å²) >= 11 is 3.25. The Morgan fingerprint density at radius 1 is 1.50 bits per heavy atom. The number of ether oxygens (including phenoxy) is 1. The van der Waals surface area contributed by atoms with Crippen LogP contribution in [0.1, 0.15) is 31.7 Å². The minimum atomic E-state index is -0.244. The average molecular weight is 344 g/mol. The highest BCUT2D eigenvalue weighted by Crippen LogP contribution is 2.23. The van der Waals surface area contributed by atoms with Crippen molar-refractivity contribution in [3.8, 4) is 0 Å². The van der Waals surface area contributed by atoms with Crippen molar-refractivity contribution in [1.29, 1.82) is 0 Å². The van der Waals surface area contributed by atoms with Crippen LogP contribution in [0.4, 0.5) is 4.39 Å². The van der Waals surface area contributed by atoms with E-state index in [4.69, 9.17) is 4.74 Å². The highest BCUT2D eigenvalue weighted by Gasteiger charge is 2.30. The Morgan fingerprint density at radius 2 is 2.30 bits per heavy atom. The van der Waals surface area contributed by atoms with Crippen LogP contribution in [0.25, 0.3) is 0 Å². The van der Waals surface area contributed by atoms with Crippen molar-refractivity contribution in [1.82, 2.24) is 4.90 Å². The minimum Gasteiger partial charge on any atom is -0.465 e. The van der Waals surface area contributed by atoms with Gasteiger partial charge in [-0.15, -0.1) is 0 Å². The summed E-state index contributed by atoms with van der Waals surface area (Å²) < 4.78 is 19.7. The minimum absolute atomic E-state index is 0.190. The van der Waals surface area contributed by atoms with Crippen LogP contribution in [0.5, 0.6) is 0 Å². The van der Waals surface area contributed by atoms with Crippen LogP contribution >= 0.6 is 15.9 Å². The van der Waals surface area contributed by atoms with Gasteiger partial charge in [0.2, 0.25) is 0 Å². The zero-order chi connectivity index (χ0) is 14.5. The molecule has 0 radical (unpaired) electrons. The molecule has 1 saturated heterocycles. The molecule has 2 rings (SSSR count). The van der Waals surface area contributed by atoms with Crippen molar-refractivity contribution in [2.75, 3.05) is 13.2 Å². The number of esters is 1. The van der Waals surface area contributed by atoms with Crippen LogP contribution in [0.15, 0.2) is 22.7 Å². The quantitative estimate of drug-likeness (QED) is 0.783. The normalized spacial score (nSPS) is 19.9. The lowest BCUT2D eigenvalue weighted by Crippen LogP contribution is -2.45. The smallest absolute Gasteiger partial charge is 0.323 e. The van der Waals surface area contributed by atoms with Gasteiger partial charge in [0.15, 0.2) is 0 Å². The maximum absolute atomic E-state index is 13.9. The van der Waals surface area contributed by atoms with Gasteiger partial charge in [0.05, 0.1) is 6.61 Å². The zero-order valence-corrected chi connectivity index (χ0v) is 13.2. The highest BCUT2D eigenvalue weighted by molar-refractivity contribution is 9.10. The summed E-state index contributed by atoms with van der Waals surface area (Å²) in [4.78, 5) is 14.0. The second kappa shape index (κ2) is 7.18. The molecule has 0 aromatic heterocycles. The molecule has 1 fully saturated rings. The Hall–Kier alpha value is -0.940. The summed E-state index contributed by atoms with van der Waals surface area (Å²) in [6.07, 6.45) is 2.84. The lowest BCUT2D eigenvalue weighted by Gasteiger charge is -2.34.